The summed E-state index contributed by atoms with van der Waals surface area (Å²) >= 11 is 0. The number of carbonyl (C=O) groups excluding carboxylic acids is 1. The van der Waals surface area contributed by atoms with E-state index in [2.05, 4.69) is 5.32 Å². The molecule has 0 saturated carbocycles. The zero-order valence-electron chi connectivity index (χ0n) is 17.6. The first kappa shape index (κ1) is 20.9. The lowest BCUT2D eigenvalue weighted by Crippen LogP contribution is -2.48. The molecule has 1 heterocycles. The van der Waals surface area contributed by atoms with Crippen LogP contribution in [0, 0.1) is 20.8 Å². The minimum absolute atomic E-state index is 0.121. The predicted octanol–water partition coefficient (Wildman–Crippen LogP) is 4.21. The third-order valence-electron chi connectivity index (χ3n) is 5.37. The summed E-state index contributed by atoms with van der Waals surface area (Å²) in [6, 6.07) is 19.3. The smallest absolute Gasteiger partial charge is 0.267 e. The topological polar surface area (TPSA) is 75.7 Å². The summed E-state index contributed by atoms with van der Waals surface area (Å²) in [5, 5.41) is 2.91. The fraction of sp³-hybridized carbons (Fsp3) is 0.208. The maximum Gasteiger partial charge on any atom is 0.267 e. The number of nitrogens with one attached hydrogen (secondary N) is 1. The third-order valence-corrected chi connectivity index (χ3v) is 7.16. The number of aryl methyl sites for hydroxylation is 3. The molecule has 0 bridgehead atoms. The molecular weight excluding hydrogens is 412 g/mol. The van der Waals surface area contributed by atoms with E-state index in [4.69, 9.17) is 4.74 Å². The van der Waals surface area contributed by atoms with E-state index in [1.54, 1.807) is 48.5 Å². The maximum atomic E-state index is 13.4. The van der Waals surface area contributed by atoms with Crippen LogP contribution in [-0.2, 0) is 14.8 Å². The molecule has 31 heavy (non-hydrogen) atoms. The highest BCUT2D eigenvalue weighted by Crippen LogP contribution is 2.37. The van der Waals surface area contributed by atoms with E-state index in [0.29, 0.717) is 17.1 Å². The Morgan fingerprint density at radius 1 is 0.935 bits per heavy atom. The van der Waals surface area contributed by atoms with E-state index in [1.165, 1.54) is 4.31 Å². The molecule has 1 amide bonds. The van der Waals surface area contributed by atoms with Gasteiger partial charge in [-0.15, -0.1) is 0 Å². The van der Waals surface area contributed by atoms with Crippen LogP contribution in [0.25, 0.3) is 0 Å². The second-order valence-corrected chi connectivity index (χ2v) is 9.54. The molecule has 1 atom stereocenters. The van der Waals surface area contributed by atoms with Crippen LogP contribution in [0.2, 0.25) is 0 Å². The Labute approximate surface area is 182 Å². The Morgan fingerprint density at radius 3 is 2.26 bits per heavy atom. The molecule has 160 valence electrons. The van der Waals surface area contributed by atoms with Gasteiger partial charge in [0.25, 0.3) is 15.9 Å². The summed E-state index contributed by atoms with van der Waals surface area (Å²) < 4.78 is 34.0. The van der Waals surface area contributed by atoms with Crippen molar-refractivity contribution in [3.63, 3.8) is 0 Å². The molecule has 1 unspecified atom stereocenters. The maximum absolute atomic E-state index is 13.4. The van der Waals surface area contributed by atoms with Gasteiger partial charge < -0.3 is 10.1 Å². The van der Waals surface area contributed by atoms with E-state index < -0.39 is 22.0 Å². The minimum Gasteiger partial charge on any atom is -0.476 e. The summed E-state index contributed by atoms with van der Waals surface area (Å²) in [5.74, 6) is -0.0397. The van der Waals surface area contributed by atoms with E-state index in [0.717, 1.165) is 16.7 Å². The van der Waals surface area contributed by atoms with E-state index >= 15 is 0 Å². The largest absolute Gasteiger partial charge is 0.476 e. The number of para-hydroxylation sites is 3. The van der Waals surface area contributed by atoms with Crippen LogP contribution >= 0.6 is 0 Å². The second-order valence-electron chi connectivity index (χ2n) is 7.68. The minimum atomic E-state index is -3.87. The van der Waals surface area contributed by atoms with Crippen molar-refractivity contribution < 1.29 is 17.9 Å². The number of fused-ring (bicyclic) bond motifs is 1. The quantitative estimate of drug-likeness (QED) is 0.665. The Hall–Kier alpha value is -3.32. The first-order valence-corrected chi connectivity index (χ1v) is 11.4. The predicted molar refractivity (Wildman–Crippen MR) is 121 cm³/mol. The number of rotatable bonds is 4. The molecule has 0 saturated heterocycles. The molecule has 0 aromatic heterocycles. The SMILES string of the molecule is Cc1ccc(S(=O)(=O)N2CC(C(=O)Nc3c(C)cccc3C)Oc3ccccc32)cc1. The molecule has 0 aliphatic carbocycles. The van der Waals surface area contributed by atoms with Gasteiger partial charge in [-0.25, -0.2) is 8.42 Å². The average molecular weight is 437 g/mol. The molecule has 4 rings (SSSR count). The van der Waals surface area contributed by atoms with Crippen LogP contribution in [0.15, 0.2) is 71.6 Å². The number of hydrogen-bond acceptors (Lipinski definition) is 4. The van der Waals surface area contributed by atoms with Crippen molar-refractivity contribution in [2.75, 3.05) is 16.2 Å². The third kappa shape index (κ3) is 4.01. The van der Waals surface area contributed by atoms with Gasteiger partial charge >= 0.3 is 0 Å². The van der Waals surface area contributed by atoms with Crippen molar-refractivity contribution in [3.8, 4) is 5.75 Å². The number of ether oxygens (including phenoxy) is 1. The molecule has 1 aliphatic heterocycles. The lowest BCUT2D eigenvalue weighted by Gasteiger charge is -2.34. The first-order chi connectivity index (χ1) is 14.8. The number of sulfonamides is 1. The van der Waals surface area contributed by atoms with Crippen molar-refractivity contribution in [3.05, 3.63) is 83.4 Å². The van der Waals surface area contributed by atoms with Gasteiger partial charge in [-0.3, -0.25) is 9.10 Å². The molecule has 3 aromatic carbocycles. The molecule has 3 aromatic rings. The van der Waals surface area contributed by atoms with Gasteiger partial charge in [-0.2, -0.15) is 0 Å². The summed E-state index contributed by atoms with van der Waals surface area (Å²) in [5.41, 5.74) is 3.94. The van der Waals surface area contributed by atoms with Crippen LogP contribution in [0.3, 0.4) is 0 Å². The Kier molecular flexibility index (Phi) is 5.45. The number of hydrogen-bond donors (Lipinski definition) is 1. The molecule has 0 radical (unpaired) electrons. The normalized spacial score (nSPS) is 15.7. The number of carbonyl (C=O) groups is 1. The highest BCUT2D eigenvalue weighted by Gasteiger charge is 2.37. The molecule has 6 nitrogen and oxygen atoms in total. The highest BCUT2D eigenvalue weighted by atomic mass is 32.2. The zero-order chi connectivity index (χ0) is 22.2. The van der Waals surface area contributed by atoms with E-state index in [-0.39, 0.29) is 11.4 Å². The van der Waals surface area contributed by atoms with Crippen LogP contribution in [-0.4, -0.2) is 27.0 Å². The molecule has 7 heteroatoms. The summed E-state index contributed by atoms with van der Waals surface area (Å²) in [7, 11) is -3.87. The highest BCUT2D eigenvalue weighted by molar-refractivity contribution is 7.92. The van der Waals surface area contributed by atoms with Crippen molar-refractivity contribution in [2.24, 2.45) is 0 Å². The van der Waals surface area contributed by atoms with E-state index in [1.807, 2.05) is 39.0 Å². The van der Waals surface area contributed by atoms with Gasteiger partial charge in [-0.05, 0) is 56.2 Å². The van der Waals surface area contributed by atoms with Gasteiger partial charge in [0.05, 0.1) is 17.1 Å². The van der Waals surface area contributed by atoms with Crippen LogP contribution in [0.4, 0.5) is 11.4 Å². The summed E-state index contributed by atoms with van der Waals surface area (Å²) in [4.78, 5) is 13.2. The number of anilines is 2. The fourth-order valence-corrected chi connectivity index (χ4v) is 5.10. The van der Waals surface area contributed by atoms with Crippen LogP contribution in [0.5, 0.6) is 5.75 Å². The lowest BCUT2D eigenvalue weighted by molar-refractivity contribution is -0.122. The molecular formula is C24H24N2O4S. The lowest BCUT2D eigenvalue weighted by atomic mass is 10.1. The molecule has 1 aliphatic rings. The van der Waals surface area contributed by atoms with Crippen molar-refractivity contribution >= 4 is 27.3 Å². The van der Waals surface area contributed by atoms with Crippen LogP contribution in [0.1, 0.15) is 16.7 Å². The van der Waals surface area contributed by atoms with Gasteiger partial charge in [-0.1, -0.05) is 48.0 Å². The number of nitrogens with zero attached hydrogens (tertiary/aromatic N) is 1. The summed E-state index contributed by atoms with van der Waals surface area (Å²) in [6.07, 6.45) is -0.992. The Bertz CT molecular complexity index is 1220. The van der Waals surface area contributed by atoms with Crippen molar-refractivity contribution in [1.82, 2.24) is 0 Å². The van der Waals surface area contributed by atoms with Crippen molar-refractivity contribution in [2.45, 2.75) is 31.8 Å². The fourth-order valence-electron chi connectivity index (χ4n) is 3.62. The molecule has 0 fully saturated rings. The summed E-state index contributed by atoms with van der Waals surface area (Å²) in [6.45, 7) is 5.60. The van der Waals surface area contributed by atoms with Gasteiger partial charge in [0.1, 0.15) is 5.75 Å². The van der Waals surface area contributed by atoms with Gasteiger partial charge in [0.15, 0.2) is 6.10 Å². The van der Waals surface area contributed by atoms with Crippen molar-refractivity contribution in [1.29, 1.82) is 0 Å². The van der Waals surface area contributed by atoms with Gasteiger partial charge in [0, 0.05) is 5.69 Å². The zero-order valence-corrected chi connectivity index (χ0v) is 18.4. The average Bonchev–Trinajstić information content (AvgIpc) is 2.75. The monoisotopic (exact) mass is 436 g/mol. The number of amides is 1. The molecule has 1 N–H and O–H groups in total. The first-order valence-electron chi connectivity index (χ1n) is 9.99. The standard InChI is InChI=1S/C24H24N2O4S/c1-16-11-13-19(14-12-16)31(28,29)26-15-22(30-21-10-5-4-9-20(21)26)24(27)25-23-17(2)7-6-8-18(23)3/h4-14,22H,15H2,1-3H3,(H,25,27). The van der Waals surface area contributed by atoms with E-state index in [9.17, 15) is 13.2 Å². The van der Waals surface area contributed by atoms with Crippen LogP contribution < -0.4 is 14.4 Å². The van der Waals surface area contributed by atoms with Gasteiger partial charge in [0.2, 0.25) is 0 Å². The number of benzene rings is 3. The Morgan fingerprint density at radius 2 is 1.58 bits per heavy atom. The second kappa shape index (κ2) is 8.07. The molecule has 0 spiro atoms. The Balaban J connectivity index is 1.69.